The van der Waals surface area contributed by atoms with E-state index in [9.17, 15) is 5.11 Å². The molecule has 0 aromatic heterocycles. The summed E-state index contributed by atoms with van der Waals surface area (Å²) in [7, 11) is -2.10. The third-order valence-corrected chi connectivity index (χ3v) is 18.2. The Labute approximate surface area is 272 Å². The van der Waals surface area contributed by atoms with Crippen LogP contribution in [0.1, 0.15) is 118 Å². The van der Waals surface area contributed by atoms with E-state index in [2.05, 4.69) is 127 Å². The third-order valence-electron chi connectivity index (χ3n) is 11.7. The Balaban J connectivity index is 1.84. The molecule has 2 aromatic rings. The molecule has 1 N–H and O–H groups in total. The van der Waals surface area contributed by atoms with Crippen LogP contribution in [0.25, 0.3) is 0 Å². The first-order valence-corrected chi connectivity index (χ1v) is 19.9. The predicted octanol–water partition coefficient (Wildman–Crippen LogP) is 10.8. The molecule has 0 aliphatic heterocycles. The van der Waals surface area contributed by atoms with Gasteiger partial charge in [-0.2, -0.15) is 0 Å². The van der Waals surface area contributed by atoms with Gasteiger partial charge in [-0.3, -0.25) is 0 Å². The molecular weight excluding hydrogens is 612 g/mol. The van der Waals surface area contributed by atoms with Gasteiger partial charge in [-0.15, -0.1) is 0 Å². The number of benzene rings is 2. The number of aliphatic hydroxyl groups excluding tert-OH is 1. The lowest BCUT2D eigenvalue weighted by Crippen LogP contribution is -2.58. The van der Waals surface area contributed by atoms with E-state index >= 15 is 0 Å². The maximum absolute atomic E-state index is 10.3. The van der Waals surface area contributed by atoms with Crippen molar-refractivity contribution in [3.8, 4) is 0 Å². The Hall–Kier alpha value is -0.983. The number of fused-ring (bicyclic) bond motifs is 3. The Bertz CT molecular complexity index is 1180. The molecule has 2 aliphatic carbocycles. The van der Waals surface area contributed by atoms with Crippen molar-refractivity contribution < 1.29 is 14.3 Å². The Morgan fingerprint density at radius 2 is 1.53 bits per heavy atom. The van der Waals surface area contributed by atoms with E-state index in [-0.39, 0.29) is 29.1 Å². The van der Waals surface area contributed by atoms with Gasteiger partial charge < -0.3 is 14.3 Å². The SMILES string of the molecule is CC(C)[Si](OC[C@]1(C)C([C@@H](O[C@@H](C)C[C@H](C)O)c2ccccc2)CC[C@]2(C)c3ccc(Br)cc3CC[C@H]21)(C(C)C)C(C)C. The zero-order valence-corrected chi connectivity index (χ0v) is 31.2. The first-order chi connectivity index (χ1) is 20.2. The van der Waals surface area contributed by atoms with Crippen LogP contribution >= 0.6 is 15.9 Å². The molecule has 5 heteroatoms. The lowest BCUT2D eigenvalue weighted by molar-refractivity contribution is -0.143. The van der Waals surface area contributed by atoms with E-state index in [0.717, 1.165) is 25.9 Å². The summed E-state index contributed by atoms with van der Waals surface area (Å²) in [6, 6.07) is 17.9. The fraction of sp³-hybridized carbons (Fsp3) is 0.684. The van der Waals surface area contributed by atoms with Gasteiger partial charge in [0.25, 0.3) is 0 Å². The van der Waals surface area contributed by atoms with Gasteiger partial charge in [0, 0.05) is 11.1 Å². The normalized spacial score (nSPS) is 28.1. The van der Waals surface area contributed by atoms with Crippen LogP contribution in [0.2, 0.25) is 16.6 Å². The molecule has 43 heavy (non-hydrogen) atoms. The van der Waals surface area contributed by atoms with E-state index in [0.29, 0.717) is 34.9 Å². The number of aryl methyl sites for hydroxylation is 1. The van der Waals surface area contributed by atoms with Gasteiger partial charge in [0.15, 0.2) is 8.32 Å². The second-order valence-corrected chi connectivity index (χ2v) is 21.8. The fourth-order valence-electron chi connectivity index (χ4n) is 9.86. The number of ether oxygens (including phenoxy) is 1. The standard InChI is InChI=1S/C38H59BrO3Si/c1-25(2)43(26(3)4,27(5)6)41-24-38(10)34(36(30-14-12-11-13-15-30)42-29(8)22-28(7)40)20-21-37(9)33-18-17-32(39)23-31(33)16-19-35(37)38/h11-15,17-18,23,25-29,34-36,40H,16,19-22,24H2,1-10H3/t28-,29-,34?,35+,36-,37+,38+/m0/s1. The smallest absolute Gasteiger partial charge is 0.200 e. The summed E-state index contributed by atoms with van der Waals surface area (Å²) in [6.07, 6.45) is 4.66. The van der Waals surface area contributed by atoms with Crippen molar-refractivity contribution in [2.45, 2.75) is 142 Å². The highest BCUT2D eigenvalue weighted by molar-refractivity contribution is 9.10. The average molecular weight is 672 g/mol. The topological polar surface area (TPSA) is 38.7 Å². The van der Waals surface area contributed by atoms with Gasteiger partial charge >= 0.3 is 0 Å². The van der Waals surface area contributed by atoms with Crippen LogP contribution in [0, 0.1) is 17.3 Å². The lowest BCUT2D eigenvalue weighted by atomic mass is 9.46. The average Bonchev–Trinajstić information content (AvgIpc) is 2.92. The van der Waals surface area contributed by atoms with Crippen LogP contribution in [-0.4, -0.2) is 32.2 Å². The summed E-state index contributed by atoms with van der Waals surface area (Å²) < 4.78 is 15.8. The first kappa shape index (κ1) is 34.9. The van der Waals surface area contributed by atoms with Crippen molar-refractivity contribution in [2.75, 3.05) is 6.61 Å². The van der Waals surface area contributed by atoms with Gasteiger partial charge in [-0.1, -0.05) is 108 Å². The van der Waals surface area contributed by atoms with Crippen molar-refractivity contribution in [1.29, 1.82) is 0 Å². The minimum atomic E-state index is -2.10. The van der Waals surface area contributed by atoms with Crippen molar-refractivity contribution in [2.24, 2.45) is 17.3 Å². The monoisotopic (exact) mass is 670 g/mol. The molecule has 4 rings (SSSR count). The van der Waals surface area contributed by atoms with Crippen LogP contribution in [-0.2, 0) is 21.0 Å². The van der Waals surface area contributed by atoms with E-state index in [1.165, 1.54) is 27.6 Å². The highest BCUT2D eigenvalue weighted by atomic mass is 79.9. The molecule has 0 heterocycles. The molecule has 2 aromatic carbocycles. The summed E-state index contributed by atoms with van der Waals surface area (Å²) in [5.41, 5.74) is 5.93. The highest BCUT2D eigenvalue weighted by Gasteiger charge is 2.59. The van der Waals surface area contributed by atoms with Gasteiger partial charge in [-0.25, -0.2) is 0 Å². The van der Waals surface area contributed by atoms with Crippen LogP contribution < -0.4 is 0 Å². The third kappa shape index (κ3) is 6.77. The molecule has 0 bridgehead atoms. The number of hydrogen-bond donors (Lipinski definition) is 1. The maximum atomic E-state index is 10.3. The molecule has 7 atom stereocenters. The number of hydrogen-bond acceptors (Lipinski definition) is 3. The zero-order chi connectivity index (χ0) is 31.7. The number of rotatable bonds is 12. The predicted molar refractivity (Wildman–Crippen MR) is 187 cm³/mol. The van der Waals surface area contributed by atoms with Crippen molar-refractivity contribution >= 4 is 24.2 Å². The van der Waals surface area contributed by atoms with Crippen LogP contribution in [0.4, 0.5) is 0 Å². The molecular formula is C38H59BrO3Si. The summed E-state index contributed by atoms with van der Waals surface area (Å²) in [6.45, 7) is 24.3. The van der Waals surface area contributed by atoms with E-state index in [1.807, 2.05) is 6.92 Å². The summed E-state index contributed by atoms with van der Waals surface area (Å²) >= 11 is 3.75. The van der Waals surface area contributed by atoms with Crippen molar-refractivity contribution in [1.82, 2.24) is 0 Å². The molecule has 1 fully saturated rings. The van der Waals surface area contributed by atoms with Crippen molar-refractivity contribution in [3.63, 3.8) is 0 Å². The largest absolute Gasteiger partial charge is 0.415 e. The maximum Gasteiger partial charge on any atom is 0.200 e. The van der Waals surface area contributed by atoms with Crippen molar-refractivity contribution in [3.05, 3.63) is 69.7 Å². The molecule has 2 aliphatic rings. The van der Waals surface area contributed by atoms with E-state index in [1.54, 1.807) is 0 Å². The van der Waals surface area contributed by atoms with Crippen LogP contribution in [0.5, 0.6) is 0 Å². The van der Waals surface area contributed by atoms with Crippen LogP contribution in [0.15, 0.2) is 53.0 Å². The van der Waals surface area contributed by atoms with E-state index in [4.69, 9.17) is 9.16 Å². The van der Waals surface area contributed by atoms with Gasteiger partial charge in [0.1, 0.15) is 0 Å². The molecule has 1 saturated carbocycles. The lowest BCUT2D eigenvalue weighted by Gasteiger charge is -2.61. The number of halogens is 1. The highest BCUT2D eigenvalue weighted by Crippen LogP contribution is 2.63. The quantitative estimate of drug-likeness (QED) is 0.228. The first-order valence-electron chi connectivity index (χ1n) is 17.0. The summed E-state index contributed by atoms with van der Waals surface area (Å²) in [5.74, 6) is 0.784. The molecule has 0 amide bonds. The minimum absolute atomic E-state index is 0.0384. The molecule has 0 spiro atoms. The fourth-order valence-corrected chi connectivity index (χ4v) is 15.8. The van der Waals surface area contributed by atoms with E-state index < -0.39 is 8.32 Å². The molecule has 0 radical (unpaired) electrons. The second-order valence-electron chi connectivity index (χ2n) is 15.4. The zero-order valence-electron chi connectivity index (χ0n) is 28.6. The van der Waals surface area contributed by atoms with Gasteiger partial charge in [0.2, 0.25) is 0 Å². The Kier molecular flexibility index (Phi) is 11.2. The molecule has 3 nitrogen and oxygen atoms in total. The Morgan fingerprint density at radius 3 is 2.12 bits per heavy atom. The summed E-state index contributed by atoms with van der Waals surface area (Å²) in [4.78, 5) is 0. The molecule has 240 valence electrons. The van der Waals surface area contributed by atoms with Gasteiger partial charge in [0.05, 0.1) is 18.3 Å². The molecule has 1 unspecified atom stereocenters. The summed E-state index contributed by atoms with van der Waals surface area (Å²) in [5, 5.41) is 10.3. The number of aliphatic hydroxyl groups is 1. The Morgan fingerprint density at radius 1 is 0.907 bits per heavy atom. The van der Waals surface area contributed by atoms with Crippen LogP contribution in [0.3, 0.4) is 0 Å². The second kappa shape index (κ2) is 13.8. The minimum Gasteiger partial charge on any atom is -0.415 e. The van der Waals surface area contributed by atoms with Gasteiger partial charge in [-0.05, 0) is 114 Å². The molecule has 0 saturated heterocycles.